The summed E-state index contributed by atoms with van der Waals surface area (Å²) in [6, 6.07) is 9.08. The Bertz CT molecular complexity index is 1370. The van der Waals surface area contributed by atoms with Crippen molar-refractivity contribution in [3.05, 3.63) is 69.8 Å². The summed E-state index contributed by atoms with van der Waals surface area (Å²) in [6.07, 6.45) is 0. The van der Waals surface area contributed by atoms with Gasteiger partial charge in [-0.1, -0.05) is 0 Å². The lowest BCUT2D eigenvalue weighted by atomic mass is 10.1. The van der Waals surface area contributed by atoms with Crippen LogP contribution in [0, 0.1) is 5.82 Å². The topological polar surface area (TPSA) is 140 Å². The van der Waals surface area contributed by atoms with E-state index in [1.807, 2.05) is 4.72 Å². The van der Waals surface area contributed by atoms with Gasteiger partial charge >= 0.3 is 10.2 Å². The Morgan fingerprint density at radius 1 is 1.03 bits per heavy atom. The lowest BCUT2D eigenvalue weighted by Gasteiger charge is -2.12. The van der Waals surface area contributed by atoms with Crippen LogP contribution in [0.3, 0.4) is 0 Å². The summed E-state index contributed by atoms with van der Waals surface area (Å²) in [5, 5.41) is 5.62. The lowest BCUT2D eigenvalue weighted by molar-refractivity contribution is 0.0978. The number of rotatable bonds is 6. The van der Waals surface area contributed by atoms with E-state index >= 15 is 0 Å². The number of aromatic amines is 1. The number of amides is 2. The van der Waals surface area contributed by atoms with Gasteiger partial charge in [0.15, 0.2) is 0 Å². The summed E-state index contributed by atoms with van der Waals surface area (Å²) in [5.41, 5.74) is 0.142. The maximum atomic E-state index is 13.8. The fourth-order valence-corrected chi connectivity index (χ4v) is 3.35. The second kappa shape index (κ2) is 8.77. The molecule has 0 saturated carbocycles. The number of pyridine rings is 1. The fraction of sp³-hybridized carbons (Fsp3) is 0.150. The molecule has 0 radical (unpaired) electrons. The van der Waals surface area contributed by atoms with Gasteiger partial charge < -0.3 is 15.6 Å². The normalized spacial score (nSPS) is 11.4. The minimum atomic E-state index is -3.95. The molecule has 4 N–H and O–H groups in total. The number of hydrogen-bond acceptors (Lipinski definition) is 6. The third-order valence-corrected chi connectivity index (χ3v) is 5.94. The summed E-state index contributed by atoms with van der Waals surface area (Å²) in [5.74, 6) is -2.12. The van der Waals surface area contributed by atoms with Crippen molar-refractivity contribution in [2.45, 2.75) is 0 Å². The monoisotopic (exact) mass is 461 g/mol. The Morgan fingerprint density at radius 3 is 2.28 bits per heavy atom. The van der Waals surface area contributed by atoms with E-state index in [1.54, 1.807) is 7.05 Å². The van der Waals surface area contributed by atoms with E-state index < -0.39 is 33.4 Å². The predicted molar refractivity (Wildman–Crippen MR) is 119 cm³/mol. The first-order valence-corrected chi connectivity index (χ1v) is 10.7. The molecule has 3 aromatic rings. The van der Waals surface area contributed by atoms with Crippen LogP contribution < -0.4 is 20.9 Å². The first-order valence-electron chi connectivity index (χ1n) is 9.22. The van der Waals surface area contributed by atoms with Crippen LogP contribution >= 0.6 is 0 Å². The molecule has 0 saturated heterocycles. The molecule has 12 heteroatoms. The molecule has 168 valence electrons. The minimum Gasteiger partial charge on any atom is -0.386 e. The maximum absolute atomic E-state index is 13.8. The second-order valence-electron chi connectivity index (χ2n) is 6.93. The Morgan fingerprint density at radius 2 is 1.69 bits per heavy atom. The molecule has 1 heterocycles. The molecule has 0 bridgehead atoms. The molecule has 3 rings (SSSR count). The number of fused-ring (bicyclic) bond motifs is 1. The van der Waals surface area contributed by atoms with Crippen LogP contribution in [-0.2, 0) is 10.2 Å². The summed E-state index contributed by atoms with van der Waals surface area (Å²) >= 11 is 0. The van der Waals surface area contributed by atoms with Gasteiger partial charge in [0.25, 0.3) is 17.4 Å². The molecule has 32 heavy (non-hydrogen) atoms. The summed E-state index contributed by atoms with van der Waals surface area (Å²) in [4.78, 5) is 39.6. The minimum absolute atomic E-state index is 0.0482. The van der Waals surface area contributed by atoms with E-state index in [2.05, 4.69) is 15.6 Å². The van der Waals surface area contributed by atoms with Crippen molar-refractivity contribution in [1.29, 1.82) is 0 Å². The summed E-state index contributed by atoms with van der Waals surface area (Å²) in [7, 11) is 0.178. The Kier molecular flexibility index (Phi) is 6.27. The van der Waals surface area contributed by atoms with E-state index in [4.69, 9.17) is 0 Å². The Balaban J connectivity index is 1.82. The largest absolute Gasteiger partial charge is 0.386 e. The number of carbonyl (C=O) groups is 2. The second-order valence-corrected chi connectivity index (χ2v) is 8.81. The zero-order valence-electron chi connectivity index (χ0n) is 17.3. The summed E-state index contributed by atoms with van der Waals surface area (Å²) in [6.45, 7) is 0. The van der Waals surface area contributed by atoms with Crippen LogP contribution in [0.25, 0.3) is 10.9 Å². The number of nitrogens with zero attached hydrogens (tertiary/aromatic N) is 1. The SMILES string of the molecule is CNc1cc(F)cc2cc(C(=O)Nc3ccc(C(=O)NS(=O)(=O)N(C)C)cc3)c(=O)[nH]c12. The molecule has 2 amide bonds. The van der Waals surface area contributed by atoms with Crippen molar-refractivity contribution >= 4 is 44.3 Å². The highest BCUT2D eigenvalue weighted by Crippen LogP contribution is 2.22. The molecule has 0 aliphatic heterocycles. The quantitative estimate of drug-likeness (QED) is 0.439. The van der Waals surface area contributed by atoms with E-state index in [1.165, 1.54) is 56.6 Å². The molecule has 0 atom stereocenters. The van der Waals surface area contributed by atoms with E-state index in [-0.39, 0.29) is 16.8 Å². The Hall–Kier alpha value is -3.77. The van der Waals surface area contributed by atoms with Gasteiger partial charge in [-0.2, -0.15) is 12.7 Å². The number of nitrogens with one attached hydrogen (secondary N) is 4. The third kappa shape index (κ3) is 4.76. The average Bonchev–Trinajstić information content (AvgIpc) is 2.73. The van der Waals surface area contributed by atoms with Crippen molar-refractivity contribution in [3.63, 3.8) is 0 Å². The van der Waals surface area contributed by atoms with Gasteiger partial charge in [-0.3, -0.25) is 14.4 Å². The Labute approximate surface area is 182 Å². The van der Waals surface area contributed by atoms with Crippen molar-refractivity contribution in [2.24, 2.45) is 0 Å². The van der Waals surface area contributed by atoms with Gasteiger partial charge in [-0.05, 0) is 42.5 Å². The number of hydrogen-bond donors (Lipinski definition) is 4. The van der Waals surface area contributed by atoms with Crippen molar-refractivity contribution in [1.82, 2.24) is 14.0 Å². The molecular weight excluding hydrogens is 441 g/mol. The average molecular weight is 461 g/mol. The van der Waals surface area contributed by atoms with Gasteiger partial charge in [0, 0.05) is 37.8 Å². The number of H-pyrrole nitrogens is 1. The lowest BCUT2D eigenvalue weighted by Crippen LogP contribution is -2.39. The highest BCUT2D eigenvalue weighted by Gasteiger charge is 2.19. The van der Waals surface area contributed by atoms with Gasteiger partial charge in [0.1, 0.15) is 11.4 Å². The van der Waals surface area contributed by atoms with Gasteiger partial charge in [0.2, 0.25) is 0 Å². The van der Waals surface area contributed by atoms with Crippen LogP contribution in [0.4, 0.5) is 15.8 Å². The standard InChI is InChI=1S/C20H20FN5O5S/c1-22-16-10-13(21)8-12-9-15(20(29)24-17(12)16)19(28)23-14-6-4-11(5-7-14)18(27)25-32(30,31)26(2)3/h4-10,22H,1-3H3,(H,23,28)(H,24,29)(H,25,27). The van der Waals surface area contributed by atoms with Crippen LogP contribution in [0.5, 0.6) is 0 Å². The molecular formula is C20H20FN5O5S. The van der Waals surface area contributed by atoms with Crippen LogP contribution in [0.1, 0.15) is 20.7 Å². The van der Waals surface area contributed by atoms with Crippen molar-refractivity contribution < 1.29 is 22.4 Å². The number of aromatic nitrogens is 1. The van der Waals surface area contributed by atoms with E-state index in [0.717, 1.165) is 4.31 Å². The van der Waals surface area contributed by atoms with Crippen LogP contribution in [0.2, 0.25) is 0 Å². The zero-order valence-corrected chi connectivity index (χ0v) is 18.1. The van der Waals surface area contributed by atoms with Crippen LogP contribution in [-0.4, -0.2) is 50.7 Å². The van der Waals surface area contributed by atoms with E-state index in [0.29, 0.717) is 16.6 Å². The van der Waals surface area contributed by atoms with E-state index in [9.17, 15) is 27.2 Å². The van der Waals surface area contributed by atoms with Crippen molar-refractivity contribution in [2.75, 3.05) is 31.8 Å². The highest BCUT2D eigenvalue weighted by atomic mass is 32.2. The molecule has 0 spiro atoms. The van der Waals surface area contributed by atoms with Crippen molar-refractivity contribution in [3.8, 4) is 0 Å². The number of carbonyl (C=O) groups excluding carboxylic acids is 2. The molecule has 2 aromatic carbocycles. The molecule has 0 unspecified atom stereocenters. The van der Waals surface area contributed by atoms with Gasteiger partial charge in [0.05, 0.1) is 11.2 Å². The summed E-state index contributed by atoms with van der Waals surface area (Å²) < 4.78 is 40.0. The number of halogens is 1. The fourth-order valence-electron chi connectivity index (χ4n) is 2.82. The van der Waals surface area contributed by atoms with Gasteiger partial charge in [-0.15, -0.1) is 0 Å². The van der Waals surface area contributed by atoms with Crippen LogP contribution in [0.15, 0.2) is 47.3 Å². The number of anilines is 2. The predicted octanol–water partition coefficient (Wildman–Crippen LogP) is 1.50. The third-order valence-electron chi connectivity index (χ3n) is 4.54. The highest BCUT2D eigenvalue weighted by molar-refractivity contribution is 7.87. The number of benzene rings is 2. The maximum Gasteiger partial charge on any atom is 0.303 e. The molecule has 0 aliphatic carbocycles. The molecule has 0 fully saturated rings. The molecule has 10 nitrogen and oxygen atoms in total. The first kappa shape index (κ1) is 22.9. The molecule has 0 aliphatic rings. The van der Waals surface area contributed by atoms with Gasteiger partial charge in [-0.25, -0.2) is 9.11 Å². The first-order chi connectivity index (χ1) is 15.0. The smallest absolute Gasteiger partial charge is 0.303 e. The zero-order chi connectivity index (χ0) is 23.6. The molecule has 1 aromatic heterocycles.